The molecule has 5 aliphatic rings. The highest BCUT2D eigenvalue weighted by Crippen LogP contribution is 2.75. The number of rotatable bonds is 9. The minimum Gasteiger partial charge on any atom is -0.371 e. The van der Waals surface area contributed by atoms with Gasteiger partial charge in [0.15, 0.2) is 0 Å². The first kappa shape index (κ1) is 25.2. The molecule has 4 heterocycles. The van der Waals surface area contributed by atoms with Crippen molar-refractivity contribution >= 4 is 17.5 Å². The molecular weight excluding hydrogens is 452 g/mol. The van der Waals surface area contributed by atoms with Gasteiger partial charge in [-0.15, -0.1) is 11.6 Å². The van der Waals surface area contributed by atoms with Crippen molar-refractivity contribution in [2.45, 2.75) is 99.7 Å². The van der Waals surface area contributed by atoms with Crippen molar-refractivity contribution in [1.29, 1.82) is 0 Å². The molecule has 4 aliphatic heterocycles. The van der Waals surface area contributed by atoms with E-state index in [1.807, 2.05) is 0 Å². The van der Waals surface area contributed by atoms with E-state index in [0.29, 0.717) is 12.0 Å². The van der Waals surface area contributed by atoms with Crippen LogP contribution in [-0.2, 0) is 9.53 Å². The van der Waals surface area contributed by atoms with Crippen LogP contribution in [0.2, 0.25) is 0 Å². The molecule has 194 valence electrons. The Kier molecular flexibility index (Phi) is 7.23. The number of piperidine rings is 2. The molecule has 1 amide bonds. The summed E-state index contributed by atoms with van der Waals surface area (Å²) in [5.41, 5.74) is 13.1. The largest absolute Gasteiger partial charge is 0.371 e. The van der Waals surface area contributed by atoms with Crippen molar-refractivity contribution < 1.29 is 9.53 Å². The first-order chi connectivity index (χ1) is 16.3. The molecule has 8 nitrogen and oxygen atoms in total. The third-order valence-electron chi connectivity index (χ3n) is 9.60. The van der Waals surface area contributed by atoms with Gasteiger partial charge in [-0.2, -0.15) is 0 Å². The number of unbranched alkanes of at least 4 members (excludes halogenated alkanes) is 1. The lowest BCUT2D eigenvalue weighted by Crippen LogP contribution is -2.72. The van der Waals surface area contributed by atoms with E-state index in [1.54, 1.807) is 0 Å². The molecule has 4 saturated heterocycles. The SMILES string of the molecule is CCCCC12CC(Cl)CN3C(C(C(=O)NC4CNCCC4OC4CCN(C)C4)C(N)N)CC31C2. The van der Waals surface area contributed by atoms with E-state index in [-0.39, 0.29) is 41.1 Å². The number of nitrogens with one attached hydrogen (secondary N) is 2. The Labute approximate surface area is 209 Å². The minimum atomic E-state index is -0.693. The highest BCUT2D eigenvalue weighted by molar-refractivity contribution is 6.21. The van der Waals surface area contributed by atoms with Crippen LogP contribution in [-0.4, -0.2) is 96.9 Å². The average molecular weight is 497 g/mol. The maximum Gasteiger partial charge on any atom is 0.227 e. The van der Waals surface area contributed by atoms with Gasteiger partial charge in [0, 0.05) is 43.1 Å². The fraction of sp³-hybridized carbons (Fsp3) is 0.960. The lowest BCUT2D eigenvalue weighted by molar-refractivity contribution is -0.141. The lowest BCUT2D eigenvalue weighted by Gasteiger charge is -2.58. The van der Waals surface area contributed by atoms with Crippen LogP contribution in [0.25, 0.3) is 0 Å². The third kappa shape index (κ3) is 4.42. The Bertz CT molecular complexity index is 757. The molecule has 6 N–H and O–H groups in total. The Morgan fingerprint density at radius 3 is 2.82 bits per heavy atom. The first-order valence-corrected chi connectivity index (χ1v) is 14.0. The molecule has 1 aliphatic carbocycles. The number of halogens is 1. The van der Waals surface area contributed by atoms with Gasteiger partial charge in [-0.25, -0.2) is 0 Å². The van der Waals surface area contributed by atoms with Crippen LogP contribution in [0.3, 0.4) is 0 Å². The molecule has 0 bridgehead atoms. The van der Waals surface area contributed by atoms with E-state index >= 15 is 0 Å². The number of carbonyl (C=O) groups excluding carboxylic acids is 1. The van der Waals surface area contributed by atoms with Gasteiger partial charge in [-0.3, -0.25) is 9.69 Å². The summed E-state index contributed by atoms with van der Waals surface area (Å²) in [6, 6.07) is 0.0126. The standard InChI is InChI=1S/C25H45ClN6O2/c1-3-4-7-24-10-16(26)13-32-19(11-25(24,32)15-24)21(22(27)28)23(33)30-18-12-29-8-5-20(18)34-17-6-9-31(2)14-17/h16-22,29H,3-15,27-28H2,1-2H3,(H,30,33). The van der Waals surface area contributed by atoms with E-state index < -0.39 is 12.1 Å². The fourth-order valence-corrected chi connectivity index (χ4v) is 8.25. The van der Waals surface area contributed by atoms with Gasteiger partial charge in [0.25, 0.3) is 0 Å². The number of ether oxygens (including phenoxy) is 1. The van der Waals surface area contributed by atoms with Crippen LogP contribution >= 0.6 is 11.6 Å². The predicted molar refractivity (Wildman–Crippen MR) is 135 cm³/mol. The van der Waals surface area contributed by atoms with Crippen LogP contribution in [0.15, 0.2) is 0 Å². The highest BCUT2D eigenvalue weighted by atomic mass is 35.5. The number of likely N-dealkylation sites (N-methyl/N-ethyl adjacent to an activating group) is 1. The molecular formula is C25H45ClN6O2. The minimum absolute atomic E-state index is 0.0245. The van der Waals surface area contributed by atoms with Crippen molar-refractivity contribution in [3.8, 4) is 0 Å². The van der Waals surface area contributed by atoms with Gasteiger partial charge in [0.1, 0.15) is 0 Å². The van der Waals surface area contributed by atoms with E-state index in [0.717, 1.165) is 51.9 Å². The van der Waals surface area contributed by atoms with E-state index in [4.69, 9.17) is 27.8 Å². The van der Waals surface area contributed by atoms with Crippen LogP contribution in [0.1, 0.15) is 58.3 Å². The summed E-state index contributed by atoms with van der Waals surface area (Å²) in [6.07, 6.45) is 8.56. The Balaban J connectivity index is 1.24. The summed E-state index contributed by atoms with van der Waals surface area (Å²) in [5.74, 6) is -0.463. The van der Waals surface area contributed by atoms with Crippen LogP contribution in [0.5, 0.6) is 0 Å². The summed E-state index contributed by atoms with van der Waals surface area (Å²) < 4.78 is 6.46. The summed E-state index contributed by atoms with van der Waals surface area (Å²) in [4.78, 5) is 18.4. The molecule has 5 rings (SSSR count). The van der Waals surface area contributed by atoms with Gasteiger partial charge in [0.2, 0.25) is 5.91 Å². The summed E-state index contributed by atoms with van der Waals surface area (Å²) in [5, 5.41) is 6.86. The Hall–Kier alpha value is -0.480. The van der Waals surface area contributed by atoms with Crippen LogP contribution < -0.4 is 22.1 Å². The number of hydrogen-bond acceptors (Lipinski definition) is 7. The molecule has 0 aromatic heterocycles. The van der Waals surface area contributed by atoms with Gasteiger partial charge in [-0.1, -0.05) is 19.8 Å². The lowest BCUT2D eigenvalue weighted by atomic mass is 9.71. The zero-order valence-corrected chi connectivity index (χ0v) is 21.7. The number of alkyl halides is 1. The Morgan fingerprint density at radius 1 is 1.29 bits per heavy atom. The zero-order chi connectivity index (χ0) is 24.1. The summed E-state index contributed by atoms with van der Waals surface area (Å²) >= 11 is 6.76. The average Bonchev–Trinajstić information content (AvgIpc) is 3.28. The predicted octanol–water partition coefficient (Wildman–Crippen LogP) is 0.818. The summed E-state index contributed by atoms with van der Waals surface area (Å²) in [7, 11) is 2.13. The second-order valence-electron chi connectivity index (χ2n) is 11.9. The topological polar surface area (TPSA) is 109 Å². The molecule has 8 atom stereocenters. The quantitative estimate of drug-likeness (QED) is 0.276. The number of amides is 1. The number of nitrogens with two attached hydrogens (primary N) is 2. The van der Waals surface area contributed by atoms with Crippen LogP contribution in [0, 0.1) is 11.3 Å². The number of carbonyl (C=O) groups is 1. The van der Waals surface area contributed by atoms with Gasteiger partial charge < -0.3 is 31.7 Å². The zero-order valence-electron chi connectivity index (χ0n) is 21.0. The maximum atomic E-state index is 13.6. The first-order valence-electron chi connectivity index (χ1n) is 13.6. The molecule has 5 fully saturated rings. The molecule has 0 aromatic rings. The molecule has 8 unspecified atom stereocenters. The van der Waals surface area contributed by atoms with E-state index in [2.05, 4.69) is 34.4 Å². The molecule has 34 heavy (non-hydrogen) atoms. The molecule has 1 spiro atoms. The second-order valence-corrected chi connectivity index (χ2v) is 12.5. The summed E-state index contributed by atoms with van der Waals surface area (Å²) in [6.45, 7) is 6.74. The van der Waals surface area contributed by atoms with Gasteiger partial charge in [-0.05, 0) is 57.5 Å². The van der Waals surface area contributed by atoms with Crippen molar-refractivity contribution in [2.75, 3.05) is 39.8 Å². The van der Waals surface area contributed by atoms with Crippen molar-refractivity contribution in [3.05, 3.63) is 0 Å². The number of likely N-dealkylation sites (tertiary alicyclic amines) is 1. The van der Waals surface area contributed by atoms with E-state index in [1.165, 1.54) is 25.7 Å². The molecule has 0 radical (unpaired) electrons. The fourth-order valence-electron chi connectivity index (χ4n) is 7.80. The van der Waals surface area contributed by atoms with Crippen molar-refractivity contribution in [2.24, 2.45) is 22.8 Å². The highest BCUT2D eigenvalue weighted by Gasteiger charge is 2.78. The third-order valence-corrected chi connectivity index (χ3v) is 9.89. The number of hydrogen-bond donors (Lipinski definition) is 4. The maximum absolute atomic E-state index is 13.6. The number of nitrogens with zero attached hydrogens (tertiary/aromatic N) is 2. The van der Waals surface area contributed by atoms with E-state index in [9.17, 15) is 4.79 Å². The normalized spacial score (nSPS) is 43.2. The van der Waals surface area contributed by atoms with Gasteiger partial charge >= 0.3 is 0 Å². The smallest absolute Gasteiger partial charge is 0.227 e. The molecule has 9 heteroatoms. The molecule has 1 saturated carbocycles. The van der Waals surface area contributed by atoms with Crippen molar-refractivity contribution in [1.82, 2.24) is 20.4 Å². The monoisotopic (exact) mass is 496 g/mol. The second kappa shape index (κ2) is 9.77. The van der Waals surface area contributed by atoms with Gasteiger partial charge in [0.05, 0.1) is 30.3 Å². The van der Waals surface area contributed by atoms with Crippen molar-refractivity contribution in [3.63, 3.8) is 0 Å². The van der Waals surface area contributed by atoms with Crippen LogP contribution in [0.4, 0.5) is 0 Å². The molecule has 0 aromatic carbocycles. The Morgan fingerprint density at radius 2 is 2.12 bits per heavy atom.